The molecule has 1 aromatic rings. The average molecular weight is 347 g/mol. The SMILES string of the molecule is Cc1cc(C)c(C(=O)NCC2CCN([C@@H]3CCSC3)CC2)c(C)c1. The lowest BCUT2D eigenvalue weighted by molar-refractivity contribution is 0.0927. The van der Waals surface area contributed by atoms with Crippen molar-refractivity contribution in [1.29, 1.82) is 0 Å². The number of aryl methyl sites for hydroxylation is 3. The maximum absolute atomic E-state index is 12.6. The van der Waals surface area contributed by atoms with Gasteiger partial charge in [-0.2, -0.15) is 11.8 Å². The van der Waals surface area contributed by atoms with E-state index < -0.39 is 0 Å². The summed E-state index contributed by atoms with van der Waals surface area (Å²) >= 11 is 2.09. The van der Waals surface area contributed by atoms with Gasteiger partial charge in [-0.25, -0.2) is 0 Å². The fourth-order valence-corrected chi connectivity index (χ4v) is 5.45. The van der Waals surface area contributed by atoms with Crippen LogP contribution in [0, 0.1) is 26.7 Å². The van der Waals surface area contributed by atoms with Gasteiger partial charge in [0.25, 0.3) is 5.91 Å². The number of hydrogen-bond acceptors (Lipinski definition) is 3. The first-order valence-electron chi connectivity index (χ1n) is 9.22. The second-order valence-corrected chi connectivity index (χ2v) is 8.63. The lowest BCUT2D eigenvalue weighted by Gasteiger charge is -2.35. The number of amides is 1. The fourth-order valence-electron chi connectivity index (χ4n) is 4.20. The molecular formula is C20H30N2OS. The van der Waals surface area contributed by atoms with E-state index in [2.05, 4.69) is 41.0 Å². The first kappa shape index (κ1) is 17.8. The number of carbonyl (C=O) groups excluding carboxylic acids is 1. The lowest BCUT2D eigenvalue weighted by Crippen LogP contribution is -2.43. The Balaban J connectivity index is 1.49. The molecule has 0 aliphatic carbocycles. The number of nitrogens with one attached hydrogen (secondary N) is 1. The molecule has 3 rings (SSSR count). The number of likely N-dealkylation sites (tertiary alicyclic amines) is 1. The Hall–Kier alpha value is -1.00. The van der Waals surface area contributed by atoms with E-state index in [0.717, 1.165) is 29.3 Å². The predicted molar refractivity (Wildman–Crippen MR) is 103 cm³/mol. The van der Waals surface area contributed by atoms with Crippen LogP contribution in [0.5, 0.6) is 0 Å². The summed E-state index contributed by atoms with van der Waals surface area (Å²) in [7, 11) is 0. The topological polar surface area (TPSA) is 32.3 Å². The monoisotopic (exact) mass is 346 g/mol. The molecular weight excluding hydrogens is 316 g/mol. The summed E-state index contributed by atoms with van der Waals surface area (Å²) in [6, 6.07) is 5.00. The van der Waals surface area contributed by atoms with Crippen molar-refractivity contribution in [2.24, 2.45) is 5.92 Å². The zero-order chi connectivity index (χ0) is 17.1. The number of nitrogens with zero attached hydrogens (tertiary/aromatic N) is 1. The Bertz CT molecular complexity index is 564. The van der Waals surface area contributed by atoms with Crippen molar-refractivity contribution in [2.45, 2.75) is 46.1 Å². The highest BCUT2D eigenvalue weighted by Crippen LogP contribution is 2.26. The Morgan fingerprint density at radius 1 is 1.17 bits per heavy atom. The quantitative estimate of drug-likeness (QED) is 0.905. The Morgan fingerprint density at radius 3 is 2.42 bits per heavy atom. The number of carbonyl (C=O) groups is 1. The maximum atomic E-state index is 12.6. The van der Waals surface area contributed by atoms with Crippen molar-refractivity contribution in [2.75, 3.05) is 31.1 Å². The van der Waals surface area contributed by atoms with Gasteiger partial charge in [-0.1, -0.05) is 17.7 Å². The number of benzene rings is 1. The van der Waals surface area contributed by atoms with Crippen LogP contribution in [-0.4, -0.2) is 48.0 Å². The first-order valence-corrected chi connectivity index (χ1v) is 10.4. The van der Waals surface area contributed by atoms with Gasteiger partial charge >= 0.3 is 0 Å². The van der Waals surface area contributed by atoms with Gasteiger partial charge in [-0.05, 0) is 75.9 Å². The highest BCUT2D eigenvalue weighted by molar-refractivity contribution is 7.99. The number of piperidine rings is 1. The molecule has 2 aliphatic rings. The second kappa shape index (κ2) is 7.92. The Labute approximate surface area is 150 Å². The van der Waals surface area contributed by atoms with Gasteiger partial charge < -0.3 is 5.32 Å². The number of thioether (sulfide) groups is 1. The van der Waals surface area contributed by atoms with Crippen molar-refractivity contribution in [3.63, 3.8) is 0 Å². The summed E-state index contributed by atoms with van der Waals surface area (Å²) in [5, 5.41) is 3.19. The molecule has 1 aromatic carbocycles. The molecule has 132 valence electrons. The van der Waals surface area contributed by atoms with E-state index in [9.17, 15) is 4.79 Å². The maximum Gasteiger partial charge on any atom is 0.251 e. The van der Waals surface area contributed by atoms with E-state index in [-0.39, 0.29) is 5.91 Å². The summed E-state index contributed by atoms with van der Waals surface area (Å²) in [6.07, 6.45) is 3.79. The third kappa shape index (κ3) is 4.15. The third-order valence-corrected chi connectivity index (χ3v) is 6.67. The molecule has 2 saturated heterocycles. The summed E-state index contributed by atoms with van der Waals surface area (Å²) in [5.41, 5.74) is 4.25. The minimum Gasteiger partial charge on any atom is -0.352 e. The van der Waals surface area contributed by atoms with Crippen molar-refractivity contribution in [1.82, 2.24) is 10.2 Å². The van der Waals surface area contributed by atoms with E-state index in [1.165, 1.54) is 49.4 Å². The molecule has 0 spiro atoms. The second-order valence-electron chi connectivity index (χ2n) is 7.48. The molecule has 1 amide bonds. The summed E-state index contributed by atoms with van der Waals surface area (Å²) in [6.45, 7) is 9.37. The van der Waals surface area contributed by atoms with Gasteiger partial charge in [0.2, 0.25) is 0 Å². The van der Waals surface area contributed by atoms with Crippen LogP contribution >= 0.6 is 11.8 Å². The summed E-state index contributed by atoms with van der Waals surface area (Å²) in [5.74, 6) is 3.37. The van der Waals surface area contributed by atoms with Gasteiger partial charge in [-0.3, -0.25) is 9.69 Å². The van der Waals surface area contributed by atoms with Gasteiger partial charge in [0.15, 0.2) is 0 Å². The molecule has 1 atom stereocenters. The van der Waals surface area contributed by atoms with Crippen molar-refractivity contribution < 1.29 is 4.79 Å². The molecule has 0 saturated carbocycles. The standard InChI is InChI=1S/C20H30N2OS/c1-14-10-15(2)19(16(3)11-14)20(23)21-12-17-4-7-22(8-5-17)18-6-9-24-13-18/h10-11,17-18H,4-9,12-13H2,1-3H3,(H,21,23)/t18-/m1/s1. The largest absolute Gasteiger partial charge is 0.352 e. The van der Waals surface area contributed by atoms with Crippen LogP contribution < -0.4 is 5.32 Å². The van der Waals surface area contributed by atoms with Crippen LogP contribution in [0.4, 0.5) is 0 Å². The van der Waals surface area contributed by atoms with E-state index in [0.29, 0.717) is 5.92 Å². The van der Waals surface area contributed by atoms with Gasteiger partial charge in [-0.15, -0.1) is 0 Å². The van der Waals surface area contributed by atoms with Crippen LogP contribution in [0.3, 0.4) is 0 Å². The van der Waals surface area contributed by atoms with Gasteiger partial charge in [0, 0.05) is 23.9 Å². The summed E-state index contributed by atoms with van der Waals surface area (Å²) in [4.78, 5) is 15.3. The van der Waals surface area contributed by atoms with Crippen molar-refractivity contribution in [3.05, 3.63) is 34.4 Å². The highest BCUT2D eigenvalue weighted by Gasteiger charge is 2.27. The third-order valence-electron chi connectivity index (χ3n) is 5.53. The van der Waals surface area contributed by atoms with E-state index in [4.69, 9.17) is 0 Å². The molecule has 0 aromatic heterocycles. The molecule has 2 heterocycles. The molecule has 0 unspecified atom stereocenters. The molecule has 0 bridgehead atoms. The molecule has 24 heavy (non-hydrogen) atoms. The average Bonchev–Trinajstić information content (AvgIpc) is 3.07. The molecule has 3 nitrogen and oxygen atoms in total. The Morgan fingerprint density at radius 2 is 1.83 bits per heavy atom. The molecule has 2 aliphatic heterocycles. The van der Waals surface area contributed by atoms with Crippen LogP contribution in [0.25, 0.3) is 0 Å². The van der Waals surface area contributed by atoms with Gasteiger partial charge in [0.05, 0.1) is 0 Å². The van der Waals surface area contributed by atoms with E-state index in [1.807, 2.05) is 13.8 Å². The summed E-state index contributed by atoms with van der Waals surface area (Å²) < 4.78 is 0. The van der Waals surface area contributed by atoms with Crippen LogP contribution in [0.15, 0.2) is 12.1 Å². The van der Waals surface area contributed by atoms with Gasteiger partial charge in [0.1, 0.15) is 0 Å². The normalized spacial score (nSPS) is 22.7. The zero-order valence-electron chi connectivity index (χ0n) is 15.2. The van der Waals surface area contributed by atoms with E-state index >= 15 is 0 Å². The number of hydrogen-bond donors (Lipinski definition) is 1. The number of rotatable bonds is 4. The fraction of sp³-hybridized carbons (Fsp3) is 0.650. The smallest absolute Gasteiger partial charge is 0.251 e. The predicted octanol–water partition coefficient (Wildman–Crippen LogP) is 3.56. The molecule has 1 N–H and O–H groups in total. The minimum absolute atomic E-state index is 0.0969. The highest BCUT2D eigenvalue weighted by atomic mass is 32.2. The van der Waals surface area contributed by atoms with Crippen LogP contribution in [0.1, 0.15) is 46.3 Å². The molecule has 0 radical (unpaired) electrons. The Kier molecular flexibility index (Phi) is 5.88. The van der Waals surface area contributed by atoms with Crippen molar-refractivity contribution >= 4 is 17.7 Å². The first-order chi connectivity index (χ1) is 11.5. The van der Waals surface area contributed by atoms with Crippen molar-refractivity contribution in [3.8, 4) is 0 Å². The zero-order valence-corrected chi connectivity index (χ0v) is 16.0. The van der Waals surface area contributed by atoms with Crippen LogP contribution in [-0.2, 0) is 0 Å². The molecule has 4 heteroatoms. The lowest BCUT2D eigenvalue weighted by atomic mass is 9.94. The molecule has 2 fully saturated rings. The van der Waals surface area contributed by atoms with Crippen LogP contribution in [0.2, 0.25) is 0 Å². The van der Waals surface area contributed by atoms with E-state index in [1.54, 1.807) is 0 Å². The minimum atomic E-state index is 0.0969.